The molecule has 1 saturated heterocycles. The van der Waals surface area contributed by atoms with Gasteiger partial charge in [0.15, 0.2) is 11.4 Å². The van der Waals surface area contributed by atoms with E-state index in [0.29, 0.717) is 31.8 Å². The summed E-state index contributed by atoms with van der Waals surface area (Å²) in [7, 11) is 3.02. The van der Waals surface area contributed by atoms with E-state index < -0.39 is 36.1 Å². The van der Waals surface area contributed by atoms with Crippen LogP contribution in [0.5, 0.6) is 17.2 Å². The van der Waals surface area contributed by atoms with Crippen molar-refractivity contribution in [3.8, 4) is 17.2 Å². The number of methoxy groups -OCH3 is 2. The number of ether oxygens (including phenoxy) is 6. The second kappa shape index (κ2) is 15.8. The molecule has 1 aliphatic rings. The van der Waals surface area contributed by atoms with Crippen molar-refractivity contribution in [3.05, 3.63) is 48.3 Å². The molecule has 4 atom stereocenters. The van der Waals surface area contributed by atoms with E-state index in [1.54, 1.807) is 21.0 Å². The van der Waals surface area contributed by atoms with Gasteiger partial charge < -0.3 is 33.7 Å². The molecule has 0 aliphatic carbocycles. The number of hydrogen-bond donors (Lipinski definition) is 1. The zero-order chi connectivity index (χ0) is 28.9. The van der Waals surface area contributed by atoms with Crippen molar-refractivity contribution in [2.45, 2.75) is 57.8 Å². The monoisotopic (exact) mass is 558 g/mol. The van der Waals surface area contributed by atoms with Gasteiger partial charge in [-0.2, -0.15) is 0 Å². The third kappa shape index (κ3) is 8.65. The Balaban J connectivity index is 1.79. The molecule has 0 unspecified atom stereocenters. The summed E-state index contributed by atoms with van der Waals surface area (Å²) in [6.45, 7) is 4.07. The van der Waals surface area contributed by atoms with Crippen LogP contribution in [0.15, 0.2) is 42.6 Å². The SMILES string of the molecule is CCOCC(=O)Oc1c(OC)ccnc1C(=O)N[C@H]1CCC[C@H](CCOC)[C@@H](Oc2ccccc2)[C@H](C)OC1=O. The average molecular weight is 559 g/mol. The molecule has 2 aromatic rings. The van der Waals surface area contributed by atoms with Crippen molar-refractivity contribution in [3.63, 3.8) is 0 Å². The van der Waals surface area contributed by atoms with Crippen LogP contribution in [-0.4, -0.2) is 75.1 Å². The molecule has 0 radical (unpaired) electrons. The Morgan fingerprint density at radius 1 is 1.12 bits per heavy atom. The Morgan fingerprint density at radius 3 is 2.60 bits per heavy atom. The van der Waals surface area contributed by atoms with Crippen LogP contribution in [0.2, 0.25) is 0 Å². The van der Waals surface area contributed by atoms with Gasteiger partial charge in [-0.1, -0.05) is 24.6 Å². The third-order valence-corrected chi connectivity index (χ3v) is 6.54. The summed E-state index contributed by atoms with van der Waals surface area (Å²) in [5.74, 6) is -1.31. The van der Waals surface area contributed by atoms with Crippen LogP contribution in [0.1, 0.15) is 50.0 Å². The van der Waals surface area contributed by atoms with Crippen LogP contribution in [0.3, 0.4) is 0 Å². The first-order chi connectivity index (χ1) is 19.4. The number of esters is 2. The lowest BCUT2D eigenvalue weighted by Gasteiger charge is -2.31. The van der Waals surface area contributed by atoms with E-state index in [2.05, 4.69) is 10.3 Å². The Labute approximate surface area is 234 Å². The van der Waals surface area contributed by atoms with Gasteiger partial charge in [-0.3, -0.25) is 4.79 Å². The number of carbonyl (C=O) groups is 3. The standard InChI is InChI=1S/C29H38N2O9/c1-5-37-18-24(32)40-27-23(36-4)14-16-30-25(27)28(33)31-22-13-9-10-20(15-17-35-3)26(19(2)38-29(22)34)39-21-11-7-6-8-12-21/h6-8,11-12,14,16,19-20,22,26H,5,9-10,13,15,17-18H2,1-4H3,(H,31,33)/t19-,20+,22-,26-/m0/s1. The van der Waals surface area contributed by atoms with E-state index >= 15 is 0 Å². The number of hydrogen-bond acceptors (Lipinski definition) is 10. The van der Waals surface area contributed by atoms with Crippen molar-refractivity contribution >= 4 is 17.8 Å². The lowest BCUT2D eigenvalue weighted by molar-refractivity contribution is -0.156. The van der Waals surface area contributed by atoms with Crippen molar-refractivity contribution in [2.75, 3.05) is 34.0 Å². The average Bonchev–Trinajstić information content (AvgIpc) is 3.00. The predicted octanol–water partition coefficient (Wildman–Crippen LogP) is 3.35. The minimum Gasteiger partial charge on any atom is -0.493 e. The maximum atomic E-state index is 13.3. The molecule has 1 aromatic carbocycles. The highest BCUT2D eigenvalue weighted by atomic mass is 16.6. The third-order valence-electron chi connectivity index (χ3n) is 6.54. The molecule has 40 heavy (non-hydrogen) atoms. The minimum absolute atomic E-state index is 0.0498. The van der Waals surface area contributed by atoms with E-state index in [4.69, 9.17) is 28.4 Å². The smallest absolute Gasteiger partial charge is 0.337 e. The summed E-state index contributed by atoms with van der Waals surface area (Å²) < 4.78 is 33.2. The number of rotatable bonds is 12. The molecule has 11 nitrogen and oxygen atoms in total. The van der Waals surface area contributed by atoms with Crippen LogP contribution in [0, 0.1) is 5.92 Å². The topological polar surface area (TPSA) is 132 Å². The van der Waals surface area contributed by atoms with Crippen LogP contribution >= 0.6 is 0 Å². The number of cyclic esters (lactones) is 1. The number of carbonyl (C=O) groups excluding carboxylic acids is 3. The van der Waals surface area contributed by atoms with Crippen molar-refractivity contribution in [1.29, 1.82) is 0 Å². The van der Waals surface area contributed by atoms with Gasteiger partial charge in [0.05, 0.1) is 7.11 Å². The quantitative estimate of drug-likeness (QED) is 0.387. The first-order valence-electron chi connectivity index (χ1n) is 13.4. The molecule has 1 aliphatic heterocycles. The molecular formula is C29H38N2O9. The summed E-state index contributed by atoms with van der Waals surface area (Å²) in [4.78, 5) is 42.9. The van der Waals surface area contributed by atoms with Gasteiger partial charge in [0.1, 0.15) is 30.6 Å². The molecule has 0 spiro atoms. The van der Waals surface area contributed by atoms with Gasteiger partial charge in [-0.25, -0.2) is 14.6 Å². The molecule has 1 fully saturated rings. The van der Waals surface area contributed by atoms with Crippen LogP contribution < -0.4 is 19.5 Å². The zero-order valence-corrected chi connectivity index (χ0v) is 23.4. The van der Waals surface area contributed by atoms with E-state index in [9.17, 15) is 14.4 Å². The first kappa shape index (κ1) is 30.8. The number of aromatic nitrogens is 1. The number of para-hydroxylation sites is 1. The first-order valence-corrected chi connectivity index (χ1v) is 13.4. The lowest BCUT2D eigenvalue weighted by Crippen LogP contribution is -2.45. The summed E-state index contributed by atoms with van der Waals surface area (Å²) in [6.07, 6.45) is 2.75. The molecule has 11 heteroatoms. The Morgan fingerprint density at radius 2 is 1.90 bits per heavy atom. The molecule has 1 aromatic heterocycles. The molecule has 0 saturated carbocycles. The highest BCUT2D eigenvalue weighted by Gasteiger charge is 2.36. The molecular weight excluding hydrogens is 520 g/mol. The summed E-state index contributed by atoms with van der Waals surface area (Å²) in [5.41, 5.74) is -0.201. The number of benzene rings is 1. The molecule has 2 heterocycles. The van der Waals surface area contributed by atoms with E-state index in [0.717, 1.165) is 12.8 Å². The van der Waals surface area contributed by atoms with Gasteiger partial charge in [-0.05, 0) is 45.2 Å². The van der Waals surface area contributed by atoms with Gasteiger partial charge in [0.25, 0.3) is 5.91 Å². The molecule has 3 rings (SSSR count). The van der Waals surface area contributed by atoms with E-state index in [1.807, 2.05) is 30.3 Å². The fraction of sp³-hybridized carbons (Fsp3) is 0.517. The lowest BCUT2D eigenvalue weighted by atomic mass is 9.89. The van der Waals surface area contributed by atoms with Crippen LogP contribution in [0.4, 0.5) is 0 Å². The normalized spacial score (nSPS) is 21.2. The van der Waals surface area contributed by atoms with Crippen LogP contribution in [0.25, 0.3) is 0 Å². The maximum Gasteiger partial charge on any atom is 0.337 e. The van der Waals surface area contributed by atoms with Crippen molar-refractivity contribution < 1.29 is 42.8 Å². The van der Waals surface area contributed by atoms with Gasteiger partial charge in [0.2, 0.25) is 5.75 Å². The van der Waals surface area contributed by atoms with Crippen LogP contribution in [-0.2, 0) is 23.8 Å². The predicted molar refractivity (Wildman–Crippen MR) is 144 cm³/mol. The molecule has 218 valence electrons. The second-order valence-corrected chi connectivity index (χ2v) is 9.34. The number of pyridine rings is 1. The van der Waals surface area contributed by atoms with Crippen molar-refractivity contribution in [2.24, 2.45) is 5.92 Å². The van der Waals surface area contributed by atoms with E-state index in [1.165, 1.54) is 19.4 Å². The minimum atomic E-state index is -0.950. The fourth-order valence-corrected chi connectivity index (χ4v) is 4.55. The maximum absolute atomic E-state index is 13.3. The highest BCUT2D eigenvalue weighted by molar-refractivity contribution is 5.98. The van der Waals surface area contributed by atoms with Gasteiger partial charge >= 0.3 is 11.9 Å². The summed E-state index contributed by atoms with van der Waals surface area (Å²) in [6, 6.07) is 9.89. The van der Waals surface area contributed by atoms with Gasteiger partial charge in [-0.15, -0.1) is 0 Å². The summed E-state index contributed by atoms with van der Waals surface area (Å²) in [5, 5.41) is 2.71. The Kier molecular flexibility index (Phi) is 12.2. The number of nitrogens with one attached hydrogen (secondary N) is 1. The van der Waals surface area contributed by atoms with Gasteiger partial charge in [0, 0.05) is 38.5 Å². The molecule has 1 N–H and O–H groups in total. The highest BCUT2D eigenvalue weighted by Crippen LogP contribution is 2.31. The van der Waals surface area contributed by atoms with E-state index in [-0.39, 0.29) is 29.7 Å². The Bertz CT molecular complexity index is 1110. The fourth-order valence-electron chi connectivity index (χ4n) is 4.55. The molecule has 0 bridgehead atoms. The van der Waals surface area contributed by atoms with Crippen molar-refractivity contribution in [1.82, 2.24) is 10.3 Å². The summed E-state index contributed by atoms with van der Waals surface area (Å²) >= 11 is 0. The molecule has 1 amide bonds. The largest absolute Gasteiger partial charge is 0.493 e. The zero-order valence-electron chi connectivity index (χ0n) is 23.4. The second-order valence-electron chi connectivity index (χ2n) is 9.34. The Hall–Kier alpha value is -3.70. The number of nitrogens with zero attached hydrogens (tertiary/aromatic N) is 1. The number of amides is 1.